The minimum Gasteiger partial charge on any atom is -0.316 e. The standard InChI is InChI=1S/C10H12BrN3O/c11-8-2-1-3-13-10(8)14-9(15)4-7-5-12-6-7/h1-3,7,12H,4-6H2,(H,13,14,15). The first kappa shape index (κ1) is 10.6. The zero-order chi connectivity index (χ0) is 10.7. The van der Waals surface area contributed by atoms with Crippen LogP contribution in [0.4, 0.5) is 5.82 Å². The summed E-state index contributed by atoms with van der Waals surface area (Å²) in [5.41, 5.74) is 0. The van der Waals surface area contributed by atoms with Gasteiger partial charge in [-0.25, -0.2) is 4.98 Å². The predicted molar refractivity (Wildman–Crippen MR) is 61.5 cm³/mol. The van der Waals surface area contributed by atoms with E-state index in [9.17, 15) is 4.79 Å². The molecule has 1 amide bonds. The third-order valence-corrected chi connectivity index (χ3v) is 3.00. The van der Waals surface area contributed by atoms with Crippen molar-refractivity contribution >= 4 is 27.7 Å². The summed E-state index contributed by atoms with van der Waals surface area (Å²) in [5, 5.41) is 5.92. The smallest absolute Gasteiger partial charge is 0.225 e. The Hall–Kier alpha value is -0.940. The van der Waals surface area contributed by atoms with Gasteiger partial charge in [0.05, 0.1) is 4.47 Å². The topological polar surface area (TPSA) is 54.0 Å². The van der Waals surface area contributed by atoms with Crippen LogP contribution in [0, 0.1) is 5.92 Å². The minimum atomic E-state index is 0.0286. The van der Waals surface area contributed by atoms with E-state index in [1.165, 1.54) is 0 Å². The number of carbonyl (C=O) groups is 1. The van der Waals surface area contributed by atoms with Crippen molar-refractivity contribution in [1.82, 2.24) is 10.3 Å². The monoisotopic (exact) mass is 269 g/mol. The van der Waals surface area contributed by atoms with Gasteiger partial charge in [-0.3, -0.25) is 4.79 Å². The summed E-state index contributed by atoms with van der Waals surface area (Å²) >= 11 is 3.33. The summed E-state index contributed by atoms with van der Waals surface area (Å²) in [5.74, 6) is 1.10. The molecule has 1 saturated heterocycles. The molecule has 0 atom stereocenters. The van der Waals surface area contributed by atoms with Gasteiger partial charge in [0.15, 0.2) is 0 Å². The lowest BCUT2D eigenvalue weighted by Crippen LogP contribution is -2.43. The molecule has 5 heteroatoms. The fourth-order valence-electron chi connectivity index (χ4n) is 1.42. The van der Waals surface area contributed by atoms with Crippen LogP contribution < -0.4 is 10.6 Å². The number of halogens is 1. The molecule has 1 aromatic heterocycles. The van der Waals surface area contributed by atoms with Crippen LogP contribution in [0.5, 0.6) is 0 Å². The quantitative estimate of drug-likeness (QED) is 0.872. The lowest BCUT2D eigenvalue weighted by atomic mass is 9.99. The summed E-state index contributed by atoms with van der Waals surface area (Å²) in [7, 11) is 0. The van der Waals surface area contributed by atoms with Gasteiger partial charge in [0.25, 0.3) is 0 Å². The fourth-order valence-corrected chi connectivity index (χ4v) is 1.77. The molecule has 0 radical (unpaired) electrons. The number of hydrogen-bond acceptors (Lipinski definition) is 3. The Labute approximate surface area is 96.6 Å². The summed E-state index contributed by atoms with van der Waals surface area (Å²) in [6, 6.07) is 3.67. The molecule has 0 spiro atoms. The van der Waals surface area contributed by atoms with Crippen LogP contribution in [-0.2, 0) is 4.79 Å². The van der Waals surface area contributed by atoms with Gasteiger partial charge in [0.1, 0.15) is 5.82 Å². The molecule has 0 unspecified atom stereocenters. The van der Waals surface area contributed by atoms with Crippen LogP contribution in [0.1, 0.15) is 6.42 Å². The van der Waals surface area contributed by atoms with E-state index in [2.05, 4.69) is 31.5 Å². The van der Waals surface area contributed by atoms with Crippen molar-refractivity contribution in [2.75, 3.05) is 18.4 Å². The van der Waals surface area contributed by atoms with Crippen molar-refractivity contribution in [3.8, 4) is 0 Å². The summed E-state index contributed by atoms with van der Waals surface area (Å²) in [4.78, 5) is 15.6. The molecular weight excluding hydrogens is 258 g/mol. The summed E-state index contributed by atoms with van der Waals surface area (Å²) in [6.45, 7) is 1.88. The molecule has 4 nitrogen and oxygen atoms in total. The van der Waals surface area contributed by atoms with Crippen LogP contribution in [0.25, 0.3) is 0 Å². The highest BCUT2D eigenvalue weighted by Crippen LogP contribution is 2.19. The minimum absolute atomic E-state index is 0.0286. The lowest BCUT2D eigenvalue weighted by molar-refractivity contribution is -0.117. The van der Waals surface area contributed by atoms with Crippen molar-refractivity contribution in [2.24, 2.45) is 5.92 Å². The number of rotatable bonds is 3. The highest BCUT2D eigenvalue weighted by molar-refractivity contribution is 9.10. The fraction of sp³-hybridized carbons (Fsp3) is 0.400. The maximum Gasteiger partial charge on any atom is 0.225 e. The molecule has 0 aliphatic carbocycles. The second kappa shape index (κ2) is 4.72. The molecular formula is C10H12BrN3O. The van der Waals surface area contributed by atoms with E-state index in [0.29, 0.717) is 18.2 Å². The van der Waals surface area contributed by atoms with E-state index in [1.54, 1.807) is 6.20 Å². The van der Waals surface area contributed by atoms with E-state index < -0.39 is 0 Å². The second-order valence-electron chi connectivity index (χ2n) is 3.61. The van der Waals surface area contributed by atoms with Gasteiger partial charge >= 0.3 is 0 Å². The normalized spacial score (nSPS) is 15.8. The molecule has 2 N–H and O–H groups in total. The number of amides is 1. The van der Waals surface area contributed by atoms with Crippen LogP contribution in [0.15, 0.2) is 22.8 Å². The molecule has 1 aliphatic heterocycles. The first-order valence-electron chi connectivity index (χ1n) is 4.87. The number of nitrogens with zero attached hydrogens (tertiary/aromatic N) is 1. The van der Waals surface area contributed by atoms with Gasteiger partial charge < -0.3 is 10.6 Å². The Morgan fingerprint density at radius 3 is 3.07 bits per heavy atom. The van der Waals surface area contributed by atoms with Crippen LogP contribution in [-0.4, -0.2) is 24.0 Å². The highest BCUT2D eigenvalue weighted by atomic mass is 79.9. The maximum atomic E-state index is 11.6. The van der Waals surface area contributed by atoms with Crippen LogP contribution in [0.3, 0.4) is 0 Å². The third-order valence-electron chi connectivity index (χ3n) is 2.36. The number of anilines is 1. The molecule has 0 aromatic carbocycles. The van der Waals surface area contributed by atoms with E-state index in [0.717, 1.165) is 17.6 Å². The Kier molecular flexibility index (Phi) is 3.33. The summed E-state index contributed by atoms with van der Waals surface area (Å²) < 4.78 is 0.810. The molecule has 0 bridgehead atoms. The SMILES string of the molecule is O=C(CC1CNC1)Nc1ncccc1Br. The number of pyridine rings is 1. The first-order valence-corrected chi connectivity index (χ1v) is 5.66. The number of aromatic nitrogens is 1. The maximum absolute atomic E-state index is 11.6. The number of hydrogen-bond donors (Lipinski definition) is 2. The largest absolute Gasteiger partial charge is 0.316 e. The zero-order valence-electron chi connectivity index (χ0n) is 8.16. The van der Waals surface area contributed by atoms with Crippen molar-refractivity contribution in [2.45, 2.75) is 6.42 Å². The molecule has 2 rings (SSSR count). The van der Waals surface area contributed by atoms with Crippen molar-refractivity contribution in [3.63, 3.8) is 0 Å². The van der Waals surface area contributed by atoms with E-state index in [1.807, 2.05) is 12.1 Å². The Balaban J connectivity index is 1.90. The Morgan fingerprint density at radius 1 is 1.67 bits per heavy atom. The van der Waals surface area contributed by atoms with Crippen LogP contribution >= 0.6 is 15.9 Å². The first-order chi connectivity index (χ1) is 7.25. The highest BCUT2D eigenvalue weighted by Gasteiger charge is 2.20. The van der Waals surface area contributed by atoms with Gasteiger partial charge in [0, 0.05) is 12.6 Å². The number of carbonyl (C=O) groups excluding carboxylic acids is 1. The lowest BCUT2D eigenvalue weighted by Gasteiger charge is -2.26. The van der Waals surface area contributed by atoms with Gasteiger partial charge in [-0.2, -0.15) is 0 Å². The molecule has 15 heavy (non-hydrogen) atoms. The van der Waals surface area contributed by atoms with Crippen molar-refractivity contribution in [3.05, 3.63) is 22.8 Å². The zero-order valence-corrected chi connectivity index (χ0v) is 9.75. The van der Waals surface area contributed by atoms with E-state index >= 15 is 0 Å². The molecule has 80 valence electrons. The Bertz CT molecular complexity index is 365. The summed E-state index contributed by atoms with van der Waals surface area (Å²) in [6.07, 6.45) is 2.22. The van der Waals surface area contributed by atoms with Crippen LogP contribution in [0.2, 0.25) is 0 Å². The third kappa shape index (κ3) is 2.76. The van der Waals surface area contributed by atoms with E-state index in [-0.39, 0.29) is 5.91 Å². The second-order valence-corrected chi connectivity index (χ2v) is 4.46. The molecule has 1 aromatic rings. The molecule has 1 aliphatic rings. The Morgan fingerprint density at radius 2 is 2.47 bits per heavy atom. The van der Waals surface area contributed by atoms with Gasteiger partial charge in [-0.05, 0) is 47.1 Å². The van der Waals surface area contributed by atoms with Gasteiger partial charge in [-0.1, -0.05) is 0 Å². The van der Waals surface area contributed by atoms with Gasteiger partial charge in [0.2, 0.25) is 5.91 Å². The average molecular weight is 270 g/mol. The molecule has 2 heterocycles. The number of nitrogens with one attached hydrogen (secondary N) is 2. The van der Waals surface area contributed by atoms with Crippen molar-refractivity contribution in [1.29, 1.82) is 0 Å². The van der Waals surface area contributed by atoms with Crippen molar-refractivity contribution < 1.29 is 4.79 Å². The van der Waals surface area contributed by atoms with Gasteiger partial charge in [-0.15, -0.1) is 0 Å². The average Bonchev–Trinajstić information content (AvgIpc) is 2.16. The molecule has 1 fully saturated rings. The molecule has 0 saturated carbocycles. The predicted octanol–water partition coefficient (Wildman–Crippen LogP) is 1.39. The van der Waals surface area contributed by atoms with E-state index in [4.69, 9.17) is 0 Å².